The molecule has 1 aromatic heterocycles. The van der Waals surface area contributed by atoms with Crippen LogP contribution in [0.5, 0.6) is 5.75 Å². The molecule has 2 N–H and O–H groups in total. The second kappa shape index (κ2) is 13.2. The number of guanidine groups is 1. The van der Waals surface area contributed by atoms with E-state index in [1.807, 2.05) is 30.3 Å². The lowest BCUT2D eigenvalue weighted by Crippen LogP contribution is -2.38. The number of nitrogens with one attached hydrogen (secondary N) is 2. The van der Waals surface area contributed by atoms with E-state index in [1.165, 1.54) is 5.56 Å². The van der Waals surface area contributed by atoms with Crippen molar-refractivity contribution in [1.29, 1.82) is 0 Å². The molecule has 0 atom stereocenters. The molecule has 0 fully saturated rings. The molecule has 7 nitrogen and oxygen atoms in total. The van der Waals surface area contributed by atoms with Gasteiger partial charge in [-0.15, -0.1) is 10.2 Å². The second-order valence-electron chi connectivity index (χ2n) is 8.16. The Morgan fingerprint density at radius 3 is 2.71 bits per heavy atom. The van der Waals surface area contributed by atoms with Crippen LogP contribution in [0.15, 0.2) is 23.2 Å². The van der Waals surface area contributed by atoms with E-state index in [-0.39, 0.29) is 0 Å². The van der Waals surface area contributed by atoms with E-state index < -0.39 is 0 Å². The molecular formula is C23H38N6OS. The van der Waals surface area contributed by atoms with Gasteiger partial charge in [0.2, 0.25) is 0 Å². The highest BCUT2D eigenvalue weighted by Crippen LogP contribution is 2.22. The Balaban J connectivity index is 2.07. The van der Waals surface area contributed by atoms with Gasteiger partial charge >= 0.3 is 0 Å². The lowest BCUT2D eigenvalue weighted by Gasteiger charge is -2.15. The summed E-state index contributed by atoms with van der Waals surface area (Å²) in [5, 5.41) is 15.2. The molecule has 172 valence electrons. The maximum Gasteiger partial charge on any atom is 0.191 e. The van der Waals surface area contributed by atoms with Crippen LogP contribution in [0.3, 0.4) is 0 Å². The summed E-state index contributed by atoms with van der Waals surface area (Å²) in [6, 6.07) is 6.33. The Labute approximate surface area is 191 Å². The Kier molecular flexibility index (Phi) is 10.7. The highest BCUT2D eigenvalue weighted by atomic mass is 32.2. The number of ether oxygens (including phenoxy) is 1. The predicted molar refractivity (Wildman–Crippen MR) is 131 cm³/mol. The van der Waals surface area contributed by atoms with Gasteiger partial charge in [-0.3, -0.25) is 0 Å². The number of hydrogen-bond acceptors (Lipinski definition) is 5. The minimum Gasteiger partial charge on any atom is -0.493 e. The van der Waals surface area contributed by atoms with Gasteiger partial charge in [-0.2, -0.15) is 11.8 Å². The van der Waals surface area contributed by atoms with Crippen LogP contribution in [-0.4, -0.2) is 45.9 Å². The molecule has 2 aromatic rings. The maximum atomic E-state index is 6.09. The summed E-state index contributed by atoms with van der Waals surface area (Å²) >= 11 is 1.85. The number of nitrogens with zero attached hydrogens (tertiary/aromatic N) is 4. The van der Waals surface area contributed by atoms with Crippen molar-refractivity contribution >= 4 is 17.7 Å². The zero-order valence-electron chi connectivity index (χ0n) is 19.9. The largest absolute Gasteiger partial charge is 0.493 e. The molecule has 2 rings (SSSR count). The van der Waals surface area contributed by atoms with Gasteiger partial charge in [0, 0.05) is 19.2 Å². The fourth-order valence-corrected chi connectivity index (χ4v) is 3.29. The molecule has 0 aliphatic rings. The Bertz CT molecular complexity index is 833. The number of rotatable bonds is 12. The average molecular weight is 447 g/mol. The van der Waals surface area contributed by atoms with Gasteiger partial charge in [-0.25, -0.2) is 4.99 Å². The summed E-state index contributed by atoms with van der Waals surface area (Å²) < 4.78 is 8.07. The van der Waals surface area contributed by atoms with Crippen molar-refractivity contribution < 1.29 is 4.74 Å². The van der Waals surface area contributed by atoms with Gasteiger partial charge in [0.15, 0.2) is 11.8 Å². The molecule has 0 radical (unpaired) electrons. The fraction of sp³-hybridized carbons (Fsp3) is 0.609. The topological polar surface area (TPSA) is 76.4 Å². The van der Waals surface area contributed by atoms with E-state index in [0.717, 1.165) is 60.7 Å². The van der Waals surface area contributed by atoms with Crippen molar-refractivity contribution in [2.24, 2.45) is 18.0 Å². The number of aliphatic imine (C=N–C) groups is 1. The van der Waals surface area contributed by atoms with Gasteiger partial charge in [-0.05, 0) is 56.2 Å². The Morgan fingerprint density at radius 1 is 1.23 bits per heavy atom. The molecule has 0 spiro atoms. The van der Waals surface area contributed by atoms with Crippen molar-refractivity contribution in [1.82, 2.24) is 25.4 Å². The number of thioether (sulfide) groups is 1. The first-order valence-corrected chi connectivity index (χ1v) is 12.4. The third-order valence-electron chi connectivity index (χ3n) is 5.00. The van der Waals surface area contributed by atoms with E-state index in [1.54, 1.807) is 0 Å². The smallest absolute Gasteiger partial charge is 0.191 e. The lowest BCUT2D eigenvalue weighted by molar-refractivity contribution is 0.287. The van der Waals surface area contributed by atoms with E-state index in [4.69, 9.17) is 9.73 Å². The van der Waals surface area contributed by atoms with E-state index in [0.29, 0.717) is 19.0 Å². The molecule has 0 amide bonds. The molecule has 0 aliphatic carbocycles. The zero-order chi connectivity index (χ0) is 22.6. The SMILES string of the molecule is CSCCCNC(=NCc1ccc(C)cc1OCCC(C)C)NCc1nnc(C)n1C. The van der Waals surface area contributed by atoms with Gasteiger partial charge in [0.1, 0.15) is 11.6 Å². The fourth-order valence-electron chi connectivity index (χ4n) is 2.86. The van der Waals surface area contributed by atoms with Gasteiger partial charge in [-0.1, -0.05) is 26.0 Å². The van der Waals surface area contributed by atoms with E-state index >= 15 is 0 Å². The zero-order valence-corrected chi connectivity index (χ0v) is 20.7. The number of hydrogen-bond donors (Lipinski definition) is 2. The number of aromatic nitrogens is 3. The van der Waals surface area contributed by atoms with Crippen molar-refractivity contribution in [2.45, 2.75) is 53.6 Å². The minimum absolute atomic E-state index is 0.549. The molecule has 0 bridgehead atoms. The molecule has 1 heterocycles. The van der Waals surface area contributed by atoms with Crippen LogP contribution in [-0.2, 0) is 20.1 Å². The summed E-state index contributed by atoms with van der Waals surface area (Å²) in [7, 11) is 1.97. The normalized spacial score (nSPS) is 11.8. The molecule has 0 unspecified atom stereocenters. The summed E-state index contributed by atoms with van der Waals surface area (Å²) in [5.74, 6) is 5.21. The molecule has 1 aromatic carbocycles. The maximum absolute atomic E-state index is 6.09. The third-order valence-corrected chi connectivity index (χ3v) is 5.69. The summed E-state index contributed by atoms with van der Waals surface area (Å²) in [6.45, 7) is 11.2. The van der Waals surface area contributed by atoms with Crippen LogP contribution in [0.2, 0.25) is 0 Å². The summed E-state index contributed by atoms with van der Waals surface area (Å²) in [5.41, 5.74) is 2.28. The third kappa shape index (κ3) is 8.81. The van der Waals surface area contributed by atoms with Crippen molar-refractivity contribution in [3.63, 3.8) is 0 Å². The first-order chi connectivity index (χ1) is 14.9. The van der Waals surface area contributed by atoms with Crippen LogP contribution in [0.1, 0.15) is 49.5 Å². The predicted octanol–water partition coefficient (Wildman–Crippen LogP) is 3.85. The summed E-state index contributed by atoms with van der Waals surface area (Å²) in [4.78, 5) is 4.83. The van der Waals surface area contributed by atoms with Crippen LogP contribution in [0, 0.1) is 19.8 Å². The average Bonchev–Trinajstić information content (AvgIpc) is 3.05. The van der Waals surface area contributed by atoms with Crippen LogP contribution in [0.4, 0.5) is 0 Å². The van der Waals surface area contributed by atoms with Gasteiger partial charge in [0.25, 0.3) is 0 Å². The molecule has 31 heavy (non-hydrogen) atoms. The lowest BCUT2D eigenvalue weighted by atomic mass is 10.1. The van der Waals surface area contributed by atoms with E-state index in [9.17, 15) is 0 Å². The quantitative estimate of drug-likeness (QED) is 0.293. The number of aryl methyl sites for hydroxylation is 2. The molecule has 0 saturated carbocycles. The van der Waals surface area contributed by atoms with Crippen molar-refractivity contribution in [3.8, 4) is 5.75 Å². The first kappa shape index (κ1) is 25.0. The van der Waals surface area contributed by atoms with Crippen molar-refractivity contribution in [3.05, 3.63) is 41.0 Å². The van der Waals surface area contributed by atoms with Crippen LogP contribution >= 0.6 is 11.8 Å². The highest BCUT2D eigenvalue weighted by Gasteiger charge is 2.08. The molecular weight excluding hydrogens is 408 g/mol. The van der Waals surface area contributed by atoms with Gasteiger partial charge in [0.05, 0.1) is 19.7 Å². The monoisotopic (exact) mass is 446 g/mol. The number of benzene rings is 1. The minimum atomic E-state index is 0.549. The van der Waals surface area contributed by atoms with Gasteiger partial charge < -0.3 is 19.9 Å². The first-order valence-electron chi connectivity index (χ1n) is 11.0. The summed E-state index contributed by atoms with van der Waals surface area (Å²) in [6.07, 6.45) is 4.25. The highest BCUT2D eigenvalue weighted by molar-refractivity contribution is 7.98. The molecule has 8 heteroatoms. The second-order valence-corrected chi connectivity index (χ2v) is 9.14. The standard InChI is InChI=1S/C23H38N6OS/c1-17(2)10-12-30-21-14-18(3)8-9-20(21)15-25-23(24-11-7-13-31-6)26-16-22-28-27-19(4)29(22)5/h8-9,14,17H,7,10-13,15-16H2,1-6H3,(H2,24,25,26). The van der Waals surface area contributed by atoms with Crippen LogP contribution in [0.25, 0.3) is 0 Å². The van der Waals surface area contributed by atoms with E-state index in [2.05, 4.69) is 66.1 Å². The van der Waals surface area contributed by atoms with Crippen molar-refractivity contribution in [2.75, 3.05) is 25.2 Å². The molecule has 0 saturated heterocycles. The molecule has 0 aliphatic heterocycles. The van der Waals surface area contributed by atoms with Crippen LogP contribution < -0.4 is 15.4 Å². The Morgan fingerprint density at radius 2 is 2.03 bits per heavy atom. The Hall–Kier alpha value is -2.22.